The highest BCUT2D eigenvalue weighted by atomic mass is 16.5. The lowest BCUT2D eigenvalue weighted by molar-refractivity contribution is -0.120. The van der Waals surface area contributed by atoms with Crippen LogP contribution in [0.2, 0.25) is 0 Å². The summed E-state index contributed by atoms with van der Waals surface area (Å²) < 4.78 is 4.85. The fourth-order valence-electron chi connectivity index (χ4n) is 1.85. The van der Waals surface area contributed by atoms with E-state index in [0.717, 1.165) is 0 Å². The number of rotatable bonds is 4. The predicted octanol–water partition coefficient (Wildman–Crippen LogP) is 1.85. The third-order valence-electron chi connectivity index (χ3n) is 2.89. The normalized spacial score (nSPS) is 9.86. The molecule has 0 aliphatic rings. The molecule has 2 amide bonds. The summed E-state index contributed by atoms with van der Waals surface area (Å²) in [6.45, 7) is 2.92. The van der Waals surface area contributed by atoms with Crippen LogP contribution < -0.4 is 10.2 Å². The quantitative estimate of drug-likeness (QED) is 0.928. The minimum atomic E-state index is -0.396. The van der Waals surface area contributed by atoms with E-state index < -0.39 is 5.91 Å². The number of nitriles is 1. The van der Waals surface area contributed by atoms with E-state index in [1.165, 1.54) is 11.8 Å². The van der Waals surface area contributed by atoms with Crippen molar-refractivity contribution < 1.29 is 14.1 Å². The van der Waals surface area contributed by atoms with Crippen LogP contribution in [0.15, 0.2) is 34.9 Å². The second-order valence-electron chi connectivity index (χ2n) is 4.63. The molecule has 0 atom stereocenters. The van der Waals surface area contributed by atoms with Crippen molar-refractivity contribution in [2.24, 2.45) is 0 Å². The maximum absolute atomic E-state index is 12.0. The largest absolute Gasteiger partial charge is 0.360 e. The van der Waals surface area contributed by atoms with Gasteiger partial charge in [0, 0.05) is 18.7 Å². The van der Waals surface area contributed by atoms with Crippen LogP contribution in [0.1, 0.15) is 18.2 Å². The zero-order chi connectivity index (χ0) is 16.1. The molecule has 0 unspecified atom stereocenters. The summed E-state index contributed by atoms with van der Waals surface area (Å²) in [4.78, 5) is 25.0. The van der Waals surface area contributed by atoms with Crippen LogP contribution in [-0.2, 0) is 9.59 Å². The van der Waals surface area contributed by atoms with Gasteiger partial charge in [0.15, 0.2) is 5.82 Å². The Balaban J connectivity index is 2.09. The average Bonchev–Trinajstić information content (AvgIpc) is 2.89. The van der Waals surface area contributed by atoms with Crippen molar-refractivity contribution >= 4 is 23.3 Å². The van der Waals surface area contributed by atoms with Gasteiger partial charge < -0.3 is 14.7 Å². The Labute approximate surface area is 127 Å². The van der Waals surface area contributed by atoms with Crippen LogP contribution in [0, 0.1) is 18.3 Å². The SMILES string of the molecule is CC(=O)N(CC(=O)Nc1cc(C)on1)c1ccc(C#N)cc1. The van der Waals surface area contributed by atoms with Crippen molar-refractivity contribution in [3.8, 4) is 6.07 Å². The summed E-state index contributed by atoms with van der Waals surface area (Å²) in [6, 6.07) is 9.99. The van der Waals surface area contributed by atoms with E-state index in [-0.39, 0.29) is 12.5 Å². The predicted molar refractivity (Wildman–Crippen MR) is 79.1 cm³/mol. The van der Waals surface area contributed by atoms with Crippen molar-refractivity contribution in [3.63, 3.8) is 0 Å². The van der Waals surface area contributed by atoms with Crippen molar-refractivity contribution in [2.75, 3.05) is 16.8 Å². The number of amides is 2. The molecule has 0 saturated carbocycles. The standard InChI is InChI=1S/C15H14N4O3/c1-10-7-14(18-22-10)17-15(21)9-19(11(2)20)13-5-3-12(8-16)4-6-13/h3-7H,9H2,1-2H3,(H,17,18,21). The Bertz CT molecular complexity index is 728. The average molecular weight is 298 g/mol. The number of aryl methyl sites for hydroxylation is 1. The molecular formula is C15H14N4O3. The van der Waals surface area contributed by atoms with Gasteiger partial charge in [0.1, 0.15) is 12.3 Å². The molecule has 112 valence electrons. The van der Waals surface area contributed by atoms with Gasteiger partial charge in [-0.05, 0) is 31.2 Å². The van der Waals surface area contributed by atoms with Gasteiger partial charge in [-0.2, -0.15) is 5.26 Å². The van der Waals surface area contributed by atoms with Gasteiger partial charge in [-0.15, -0.1) is 0 Å². The zero-order valence-corrected chi connectivity index (χ0v) is 12.2. The monoisotopic (exact) mass is 298 g/mol. The molecule has 0 aliphatic carbocycles. The van der Waals surface area contributed by atoms with E-state index in [1.807, 2.05) is 6.07 Å². The molecule has 2 rings (SSSR count). The molecule has 0 spiro atoms. The number of benzene rings is 1. The smallest absolute Gasteiger partial charge is 0.245 e. The fourth-order valence-corrected chi connectivity index (χ4v) is 1.85. The van der Waals surface area contributed by atoms with Crippen LogP contribution in [-0.4, -0.2) is 23.5 Å². The molecule has 0 aliphatic heterocycles. The minimum Gasteiger partial charge on any atom is -0.360 e. The molecule has 7 nitrogen and oxygen atoms in total. The Morgan fingerprint density at radius 3 is 2.55 bits per heavy atom. The Morgan fingerprint density at radius 1 is 1.36 bits per heavy atom. The first kappa shape index (κ1) is 15.3. The molecule has 7 heteroatoms. The van der Waals surface area contributed by atoms with E-state index in [2.05, 4.69) is 10.5 Å². The second kappa shape index (κ2) is 6.54. The van der Waals surface area contributed by atoms with Gasteiger partial charge in [0.25, 0.3) is 0 Å². The van der Waals surface area contributed by atoms with Crippen molar-refractivity contribution in [2.45, 2.75) is 13.8 Å². The number of nitrogens with zero attached hydrogens (tertiary/aromatic N) is 3. The van der Waals surface area contributed by atoms with Crippen molar-refractivity contribution in [3.05, 3.63) is 41.7 Å². The molecule has 1 heterocycles. The van der Waals surface area contributed by atoms with Crippen molar-refractivity contribution in [1.29, 1.82) is 5.26 Å². The van der Waals surface area contributed by atoms with Gasteiger partial charge in [-0.3, -0.25) is 9.59 Å². The lowest BCUT2D eigenvalue weighted by Gasteiger charge is -2.20. The highest BCUT2D eigenvalue weighted by molar-refractivity contribution is 6.01. The number of hydrogen-bond acceptors (Lipinski definition) is 5. The molecule has 1 N–H and O–H groups in total. The van der Waals surface area contributed by atoms with Crippen LogP contribution in [0.25, 0.3) is 0 Å². The minimum absolute atomic E-state index is 0.160. The van der Waals surface area contributed by atoms with Crippen LogP contribution in [0.5, 0.6) is 0 Å². The second-order valence-corrected chi connectivity index (χ2v) is 4.63. The Morgan fingerprint density at radius 2 is 2.05 bits per heavy atom. The number of carbonyl (C=O) groups excluding carboxylic acids is 2. The molecule has 1 aromatic carbocycles. The summed E-state index contributed by atoms with van der Waals surface area (Å²) in [6.07, 6.45) is 0. The summed E-state index contributed by atoms with van der Waals surface area (Å²) in [5.74, 6) is 0.195. The lowest BCUT2D eigenvalue weighted by atomic mass is 10.2. The topological polar surface area (TPSA) is 99.2 Å². The number of hydrogen-bond donors (Lipinski definition) is 1. The molecule has 22 heavy (non-hydrogen) atoms. The van der Waals surface area contributed by atoms with Gasteiger partial charge in [0.05, 0.1) is 11.6 Å². The summed E-state index contributed by atoms with van der Waals surface area (Å²) >= 11 is 0. The van der Waals surface area contributed by atoms with E-state index in [4.69, 9.17) is 9.78 Å². The summed E-state index contributed by atoms with van der Waals surface area (Å²) in [5.41, 5.74) is 1.02. The first-order valence-corrected chi connectivity index (χ1v) is 6.51. The molecule has 0 fully saturated rings. The first-order valence-electron chi connectivity index (χ1n) is 6.51. The molecular weight excluding hydrogens is 284 g/mol. The number of carbonyl (C=O) groups is 2. The third kappa shape index (κ3) is 3.70. The molecule has 0 radical (unpaired) electrons. The Kier molecular flexibility index (Phi) is 4.53. The van der Waals surface area contributed by atoms with E-state index in [0.29, 0.717) is 22.8 Å². The van der Waals surface area contributed by atoms with Gasteiger partial charge in [0.2, 0.25) is 11.8 Å². The number of anilines is 2. The highest BCUT2D eigenvalue weighted by Crippen LogP contribution is 2.16. The van der Waals surface area contributed by atoms with Crippen LogP contribution in [0.4, 0.5) is 11.5 Å². The zero-order valence-electron chi connectivity index (χ0n) is 12.2. The summed E-state index contributed by atoms with van der Waals surface area (Å²) in [7, 11) is 0. The van der Waals surface area contributed by atoms with E-state index in [1.54, 1.807) is 37.3 Å². The molecule has 1 aromatic heterocycles. The fraction of sp³-hybridized carbons (Fsp3) is 0.200. The first-order chi connectivity index (χ1) is 10.5. The molecule has 2 aromatic rings. The summed E-state index contributed by atoms with van der Waals surface area (Å²) in [5, 5.41) is 15.0. The number of nitrogens with one attached hydrogen (secondary N) is 1. The Hall–Kier alpha value is -3.14. The van der Waals surface area contributed by atoms with Gasteiger partial charge in [-0.25, -0.2) is 0 Å². The van der Waals surface area contributed by atoms with Crippen LogP contribution in [0.3, 0.4) is 0 Å². The van der Waals surface area contributed by atoms with Gasteiger partial charge in [-0.1, -0.05) is 5.16 Å². The highest BCUT2D eigenvalue weighted by Gasteiger charge is 2.16. The van der Waals surface area contributed by atoms with Crippen LogP contribution >= 0.6 is 0 Å². The maximum atomic E-state index is 12.0. The van der Waals surface area contributed by atoms with E-state index in [9.17, 15) is 9.59 Å². The lowest BCUT2D eigenvalue weighted by Crippen LogP contribution is -2.36. The van der Waals surface area contributed by atoms with Crippen molar-refractivity contribution in [1.82, 2.24) is 5.16 Å². The van der Waals surface area contributed by atoms with Gasteiger partial charge >= 0.3 is 0 Å². The third-order valence-corrected chi connectivity index (χ3v) is 2.89. The maximum Gasteiger partial charge on any atom is 0.245 e. The molecule has 0 saturated heterocycles. The molecule has 0 bridgehead atoms. The number of aromatic nitrogens is 1. The van der Waals surface area contributed by atoms with E-state index >= 15 is 0 Å².